The summed E-state index contributed by atoms with van der Waals surface area (Å²) < 4.78 is 17.6. The highest BCUT2D eigenvalue weighted by Gasteiger charge is 2.66. The minimum absolute atomic E-state index is 0.0537. The molecule has 8 atom stereocenters. The first-order chi connectivity index (χ1) is 15.8. The van der Waals surface area contributed by atoms with Crippen molar-refractivity contribution >= 4 is 0 Å². The molecule has 33 heavy (non-hydrogen) atoms. The monoisotopic (exact) mass is 462 g/mol. The first-order valence-electron chi connectivity index (χ1n) is 13.7. The van der Waals surface area contributed by atoms with Gasteiger partial charge >= 0.3 is 0 Å². The zero-order valence-corrected chi connectivity index (χ0v) is 21.1. The van der Waals surface area contributed by atoms with Gasteiger partial charge in [-0.3, -0.25) is 0 Å². The predicted octanol–water partition coefficient (Wildman–Crippen LogP) is 4.85. The van der Waals surface area contributed by atoms with Gasteiger partial charge in [0.25, 0.3) is 0 Å². The van der Waals surface area contributed by atoms with Gasteiger partial charge in [0.15, 0.2) is 6.29 Å². The van der Waals surface area contributed by atoms with Crippen LogP contribution in [0.4, 0.5) is 0 Å². The topological polar surface area (TPSA) is 68.2 Å². The lowest BCUT2D eigenvalue weighted by molar-refractivity contribution is -0.209. The minimum Gasteiger partial charge on any atom is -0.396 e. The Hall–Kier alpha value is -0.460. The Bertz CT molecular complexity index is 732. The van der Waals surface area contributed by atoms with Gasteiger partial charge in [0.05, 0.1) is 24.9 Å². The molecule has 1 saturated heterocycles. The zero-order valence-electron chi connectivity index (χ0n) is 21.1. The van der Waals surface area contributed by atoms with Gasteiger partial charge in [-0.15, -0.1) is 0 Å². The quantitative estimate of drug-likeness (QED) is 0.436. The average Bonchev–Trinajstić information content (AvgIpc) is 3.42. The maximum Gasteiger partial charge on any atom is 0.179 e. The highest BCUT2D eigenvalue weighted by molar-refractivity contribution is 5.21. The van der Waals surface area contributed by atoms with Crippen LogP contribution in [0.3, 0.4) is 0 Å². The summed E-state index contributed by atoms with van der Waals surface area (Å²) in [7, 11) is 0. The van der Waals surface area contributed by atoms with Gasteiger partial charge in [0, 0.05) is 18.6 Å². The van der Waals surface area contributed by atoms with Crippen LogP contribution >= 0.6 is 0 Å². The molecule has 0 radical (unpaired) electrons. The van der Waals surface area contributed by atoms with Gasteiger partial charge in [0.2, 0.25) is 0 Å². The molecule has 5 rings (SSSR count). The minimum atomic E-state index is -0.558. The summed E-state index contributed by atoms with van der Waals surface area (Å²) in [6.07, 6.45) is 13.5. The number of rotatable bonds is 6. The SMILES string of the molecule is C/C(=C/[C@H]1CC[C@@]2(O)[C@@H]3CCC4CC(OCCCO)CC[C@]4(C)[C@H]3CC[C@]12C)C1OCCO1. The van der Waals surface area contributed by atoms with Crippen molar-refractivity contribution in [1.82, 2.24) is 0 Å². The van der Waals surface area contributed by atoms with E-state index in [0.717, 1.165) is 44.9 Å². The second kappa shape index (κ2) is 9.20. The van der Waals surface area contributed by atoms with E-state index in [1.165, 1.54) is 24.8 Å². The van der Waals surface area contributed by atoms with Crippen LogP contribution < -0.4 is 0 Å². The Balaban J connectivity index is 1.31. The Labute approximate surface area is 200 Å². The largest absolute Gasteiger partial charge is 0.396 e. The number of hydrogen-bond donors (Lipinski definition) is 2. The molecule has 0 amide bonds. The fourth-order valence-electron chi connectivity index (χ4n) is 8.98. The lowest BCUT2D eigenvalue weighted by atomic mass is 9.43. The second-order valence-corrected chi connectivity index (χ2v) is 12.3. The smallest absolute Gasteiger partial charge is 0.179 e. The Morgan fingerprint density at radius 2 is 1.79 bits per heavy atom. The Morgan fingerprint density at radius 1 is 1.00 bits per heavy atom. The molecule has 5 aliphatic rings. The van der Waals surface area contributed by atoms with Crippen molar-refractivity contribution in [2.45, 2.75) is 103 Å². The fourth-order valence-corrected chi connectivity index (χ4v) is 8.98. The number of hydrogen-bond acceptors (Lipinski definition) is 5. The summed E-state index contributed by atoms with van der Waals surface area (Å²) >= 11 is 0. The van der Waals surface area contributed by atoms with Crippen LogP contribution in [0.25, 0.3) is 0 Å². The van der Waals surface area contributed by atoms with E-state index in [2.05, 4.69) is 26.8 Å². The molecule has 0 spiro atoms. The molecule has 1 aliphatic heterocycles. The molecule has 4 saturated carbocycles. The molecule has 0 aromatic rings. The van der Waals surface area contributed by atoms with E-state index in [4.69, 9.17) is 19.3 Å². The van der Waals surface area contributed by atoms with Gasteiger partial charge in [-0.2, -0.15) is 0 Å². The van der Waals surface area contributed by atoms with Crippen molar-refractivity contribution in [3.05, 3.63) is 11.6 Å². The summed E-state index contributed by atoms with van der Waals surface area (Å²) in [5, 5.41) is 21.4. The Kier molecular flexibility index (Phi) is 6.76. The summed E-state index contributed by atoms with van der Waals surface area (Å²) in [6.45, 7) is 9.30. The van der Waals surface area contributed by atoms with Gasteiger partial charge < -0.3 is 24.4 Å². The van der Waals surface area contributed by atoms with Crippen molar-refractivity contribution in [2.24, 2.45) is 34.5 Å². The normalized spacial score (nSPS) is 48.4. The summed E-state index contributed by atoms with van der Waals surface area (Å²) in [4.78, 5) is 0. The van der Waals surface area contributed by atoms with Crippen LogP contribution in [0, 0.1) is 34.5 Å². The van der Waals surface area contributed by atoms with E-state index in [9.17, 15) is 5.11 Å². The van der Waals surface area contributed by atoms with Crippen LogP contribution in [0.15, 0.2) is 11.6 Å². The molecular weight excluding hydrogens is 416 g/mol. The maximum atomic E-state index is 12.4. The van der Waals surface area contributed by atoms with Crippen LogP contribution in [0.2, 0.25) is 0 Å². The van der Waals surface area contributed by atoms with Crippen LogP contribution in [-0.4, -0.2) is 54.6 Å². The third-order valence-corrected chi connectivity index (χ3v) is 11.0. The van der Waals surface area contributed by atoms with Crippen molar-refractivity contribution < 1.29 is 24.4 Å². The fraction of sp³-hybridized carbons (Fsp3) is 0.929. The van der Waals surface area contributed by atoms with E-state index < -0.39 is 5.60 Å². The molecule has 0 aromatic carbocycles. The molecule has 4 aliphatic carbocycles. The second-order valence-electron chi connectivity index (χ2n) is 12.3. The zero-order chi connectivity index (χ0) is 23.3. The number of aliphatic hydroxyl groups excluding tert-OH is 1. The van der Waals surface area contributed by atoms with E-state index in [-0.39, 0.29) is 18.3 Å². The third-order valence-electron chi connectivity index (χ3n) is 11.0. The summed E-state index contributed by atoms with van der Waals surface area (Å²) in [6, 6.07) is 0. The molecule has 0 aromatic heterocycles. The van der Waals surface area contributed by atoms with Crippen LogP contribution in [0.1, 0.15) is 85.0 Å². The standard InChI is InChI=1S/C28H46O5/c1-19(25-32-15-16-33-25)17-21-7-12-28(30)24-6-5-20-18-22(31-14-4-13-29)8-10-26(20,2)23(24)9-11-27(21,28)3/h17,20-25,29-30H,4-16,18H2,1-3H3/b19-17-/t20?,21-,22?,23+,24-,26+,27-,28-/m1/s1. The highest BCUT2D eigenvalue weighted by atomic mass is 16.7. The highest BCUT2D eigenvalue weighted by Crippen LogP contribution is 2.69. The maximum absolute atomic E-state index is 12.4. The van der Waals surface area contributed by atoms with E-state index in [0.29, 0.717) is 55.0 Å². The lowest BCUT2D eigenvalue weighted by Crippen LogP contribution is -2.62. The molecular formula is C28H46O5. The van der Waals surface area contributed by atoms with Gasteiger partial charge in [-0.1, -0.05) is 19.9 Å². The molecule has 1 heterocycles. The molecule has 0 bridgehead atoms. The van der Waals surface area contributed by atoms with Crippen LogP contribution in [-0.2, 0) is 14.2 Å². The summed E-state index contributed by atoms with van der Waals surface area (Å²) in [5.74, 6) is 2.15. The number of fused-ring (bicyclic) bond motifs is 5. The average molecular weight is 463 g/mol. The molecule has 2 N–H and O–H groups in total. The van der Waals surface area contributed by atoms with E-state index in [1.54, 1.807) is 0 Å². The number of aliphatic hydroxyl groups is 2. The van der Waals surface area contributed by atoms with Crippen LogP contribution in [0.5, 0.6) is 0 Å². The van der Waals surface area contributed by atoms with E-state index >= 15 is 0 Å². The summed E-state index contributed by atoms with van der Waals surface area (Å²) in [5.41, 5.74) is 0.894. The number of ether oxygens (including phenoxy) is 3. The van der Waals surface area contributed by atoms with Crippen molar-refractivity contribution in [1.29, 1.82) is 0 Å². The molecule has 2 unspecified atom stereocenters. The number of allylic oxidation sites excluding steroid dienone is 1. The first-order valence-corrected chi connectivity index (χ1v) is 13.7. The predicted molar refractivity (Wildman–Crippen MR) is 128 cm³/mol. The van der Waals surface area contributed by atoms with Gasteiger partial charge in [-0.25, -0.2) is 0 Å². The van der Waals surface area contributed by atoms with Gasteiger partial charge in [-0.05, 0) is 106 Å². The molecule has 5 fully saturated rings. The first kappa shape index (κ1) is 24.2. The molecule has 5 heteroatoms. The Morgan fingerprint density at radius 3 is 2.55 bits per heavy atom. The third kappa shape index (κ3) is 3.94. The molecule has 5 nitrogen and oxygen atoms in total. The van der Waals surface area contributed by atoms with Gasteiger partial charge in [0.1, 0.15) is 0 Å². The van der Waals surface area contributed by atoms with Crippen molar-refractivity contribution in [3.63, 3.8) is 0 Å². The van der Waals surface area contributed by atoms with E-state index in [1.807, 2.05) is 0 Å². The lowest BCUT2D eigenvalue weighted by Gasteiger charge is -2.63. The van der Waals surface area contributed by atoms with Crippen molar-refractivity contribution in [2.75, 3.05) is 26.4 Å². The van der Waals surface area contributed by atoms with Crippen molar-refractivity contribution in [3.8, 4) is 0 Å². The molecule has 188 valence electrons.